The highest BCUT2D eigenvalue weighted by atomic mass is 19.2. The number of amides is 1. The fourth-order valence-corrected chi connectivity index (χ4v) is 2.14. The second kappa shape index (κ2) is 8.37. The van der Waals surface area contributed by atoms with Gasteiger partial charge >= 0.3 is 11.9 Å². The molecule has 1 aromatic carbocycles. The summed E-state index contributed by atoms with van der Waals surface area (Å²) in [6, 6.07) is 2.90. The number of nitrogens with one attached hydrogen (secondary N) is 1. The number of carbonyl (C=O) groups excluding carboxylic acids is 3. The van der Waals surface area contributed by atoms with E-state index in [2.05, 4.69) is 5.32 Å². The van der Waals surface area contributed by atoms with Crippen LogP contribution in [0.5, 0.6) is 0 Å². The van der Waals surface area contributed by atoms with Gasteiger partial charge < -0.3 is 14.8 Å². The summed E-state index contributed by atoms with van der Waals surface area (Å²) in [5, 5.41) is 2.24. The lowest BCUT2D eigenvalue weighted by atomic mass is 9.90. The van der Waals surface area contributed by atoms with Crippen LogP contribution < -0.4 is 5.32 Å². The van der Waals surface area contributed by atoms with E-state index in [4.69, 9.17) is 9.47 Å². The van der Waals surface area contributed by atoms with Gasteiger partial charge in [0.25, 0.3) is 0 Å². The average molecular weight is 343 g/mol. The summed E-state index contributed by atoms with van der Waals surface area (Å²) in [6.07, 6.45) is -0.443. The smallest absolute Gasteiger partial charge is 0.344 e. The van der Waals surface area contributed by atoms with Gasteiger partial charge in [-0.25, -0.2) is 18.4 Å². The highest BCUT2D eigenvalue weighted by Gasteiger charge is 2.50. The molecule has 0 saturated heterocycles. The summed E-state index contributed by atoms with van der Waals surface area (Å²) in [5.74, 6) is -4.97. The van der Waals surface area contributed by atoms with Crippen molar-refractivity contribution < 1.29 is 32.6 Å². The van der Waals surface area contributed by atoms with Gasteiger partial charge in [0.1, 0.15) is 0 Å². The first-order valence-corrected chi connectivity index (χ1v) is 7.34. The molecular formula is C16H19F2NO5. The second-order valence-electron chi connectivity index (χ2n) is 4.95. The maximum Gasteiger partial charge on any atom is 0.344 e. The minimum Gasteiger partial charge on any atom is -0.464 e. The average Bonchev–Trinajstić information content (AvgIpc) is 2.50. The van der Waals surface area contributed by atoms with Crippen molar-refractivity contribution in [2.45, 2.75) is 32.7 Å². The SMILES string of the molecule is CCOC(=O)C(Cc1ccc(F)c(F)c1)(NC(C)=O)C(=O)OCC. The van der Waals surface area contributed by atoms with Gasteiger partial charge in [0.2, 0.25) is 11.4 Å². The van der Waals surface area contributed by atoms with Crippen LogP contribution in [0.2, 0.25) is 0 Å². The summed E-state index contributed by atoms with van der Waals surface area (Å²) in [5.41, 5.74) is -2.06. The van der Waals surface area contributed by atoms with Crippen LogP contribution in [0.4, 0.5) is 8.78 Å². The number of esters is 2. The summed E-state index contributed by atoms with van der Waals surface area (Å²) < 4.78 is 36.3. The quantitative estimate of drug-likeness (QED) is 0.599. The summed E-state index contributed by atoms with van der Waals surface area (Å²) in [4.78, 5) is 36.3. The first kappa shape index (κ1) is 19.5. The van der Waals surface area contributed by atoms with Crippen LogP contribution in [-0.4, -0.2) is 36.6 Å². The van der Waals surface area contributed by atoms with Crippen molar-refractivity contribution in [3.8, 4) is 0 Å². The lowest BCUT2D eigenvalue weighted by Crippen LogP contribution is -2.62. The zero-order valence-corrected chi connectivity index (χ0v) is 13.7. The zero-order chi connectivity index (χ0) is 18.3. The van der Waals surface area contributed by atoms with E-state index in [9.17, 15) is 23.2 Å². The van der Waals surface area contributed by atoms with Crippen LogP contribution in [0.3, 0.4) is 0 Å². The maximum absolute atomic E-state index is 13.4. The number of carbonyl (C=O) groups is 3. The van der Waals surface area contributed by atoms with Gasteiger partial charge in [0.15, 0.2) is 11.6 Å². The van der Waals surface area contributed by atoms with Crippen molar-refractivity contribution in [1.29, 1.82) is 0 Å². The minimum absolute atomic E-state index is 0.0443. The van der Waals surface area contributed by atoms with E-state index >= 15 is 0 Å². The van der Waals surface area contributed by atoms with E-state index in [0.29, 0.717) is 0 Å². The van der Waals surface area contributed by atoms with Gasteiger partial charge in [-0.05, 0) is 31.5 Å². The molecule has 0 aromatic heterocycles. The van der Waals surface area contributed by atoms with E-state index in [-0.39, 0.29) is 18.8 Å². The molecule has 0 aliphatic heterocycles. The maximum atomic E-state index is 13.4. The van der Waals surface area contributed by atoms with Crippen molar-refractivity contribution in [3.05, 3.63) is 35.4 Å². The second-order valence-corrected chi connectivity index (χ2v) is 4.95. The summed E-state index contributed by atoms with van der Waals surface area (Å²) in [6.45, 7) is 4.07. The number of ether oxygens (including phenoxy) is 2. The van der Waals surface area contributed by atoms with Crippen LogP contribution in [0.15, 0.2) is 18.2 Å². The van der Waals surface area contributed by atoms with Gasteiger partial charge in [-0.3, -0.25) is 4.79 Å². The van der Waals surface area contributed by atoms with Crippen molar-refractivity contribution >= 4 is 17.8 Å². The molecule has 6 nitrogen and oxygen atoms in total. The molecule has 8 heteroatoms. The van der Waals surface area contributed by atoms with E-state index in [0.717, 1.165) is 19.1 Å². The van der Waals surface area contributed by atoms with Gasteiger partial charge in [-0.1, -0.05) is 6.07 Å². The Kier molecular flexibility index (Phi) is 6.82. The van der Waals surface area contributed by atoms with Crippen LogP contribution >= 0.6 is 0 Å². The third-order valence-corrected chi connectivity index (χ3v) is 3.09. The molecule has 0 aliphatic carbocycles. The normalized spacial score (nSPS) is 10.9. The first-order valence-electron chi connectivity index (χ1n) is 7.34. The third kappa shape index (κ3) is 4.50. The molecule has 0 spiro atoms. The summed E-state index contributed by atoms with van der Waals surface area (Å²) >= 11 is 0. The number of hydrogen-bond acceptors (Lipinski definition) is 5. The van der Waals surface area contributed by atoms with Gasteiger partial charge in [0, 0.05) is 13.3 Å². The highest BCUT2D eigenvalue weighted by Crippen LogP contribution is 2.20. The first-order chi connectivity index (χ1) is 11.3. The predicted molar refractivity (Wildman–Crippen MR) is 79.9 cm³/mol. The van der Waals surface area contributed by atoms with Gasteiger partial charge in [0.05, 0.1) is 13.2 Å². The Morgan fingerprint density at radius 3 is 2.00 bits per heavy atom. The predicted octanol–water partition coefficient (Wildman–Crippen LogP) is 1.51. The number of rotatable bonds is 7. The molecule has 1 aromatic rings. The van der Waals surface area contributed by atoms with Gasteiger partial charge in [-0.2, -0.15) is 0 Å². The molecule has 0 fully saturated rings. The topological polar surface area (TPSA) is 81.7 Å². The van der Waals surface area contributed by atoms with Crippen molar-refractivity contribution in [1.82, 2.24) is 5.32 Å². The van der Waals surface area contributed by atoms with Crippen LogP contribution in [0.1, 0.15) is 26.3 Å². The van der Waals surface area contributed by atoms with Gasteiger partial charge in [-0.15, -0.1) is 0 Å². The molecule has 132 valence electrons. The van der Waals surface area contributed by atoms with E-state index in [1.807, 2.05) is 0 Å². The molecule has 1 N–H and O–H groups in total. The number of halogens is 2. The molecule has 0 unspecified atom stereocenters. The molecule has 0 saturated carbocycles. The molecule has 0 radical (unpaired) electrons. The largest absolute Gasteiger partial charge is 0.464 e. The zero-order valence-electron chi connectivity index (χ0n) is 13.7. The Hall–Kier alpha value is -2.51. The van der Waals surface area contributed by atoms with Crippen LogP contribution in [0.25, 0.3) is 0 Å². The number of hydrogen-bond donors (Lipinski definition) is 1. The lowest BCUT2D eigenvalue weighted by molar-refractivity contribution is -0.168. The molecular weight excluding hydrogens is 324 g/mol. The number of benzene rings is 1. The van der Waals surface area contributed by atoms with Crippen molar-refractivity contribution in [3.63, 3.8) is 0 Å². The van der Waals surface area contributed by atoms with Crippen molar-refractivity contribution in [2.24, 2.45) is 0 Å². The summed E-state index contributed by atoms with van der Waals surface area (Å²) in [7, 11) is 0. The molecule has 1 amide bonds. The fourth-order valence-electron chi connectivity index (χ4n) is 2.14. The molecule has 0 bridgehead atoms. The minimum atomic E-state index is -2.18. The lowest BCUT2D eigenvalue weighted by Gasteiger charge is -2.29. The molecule has 1 rings (SSSR count). The molecule has 0 atom stereocenters. The molecule has 24 heavy (non-hydrogen) atoms. The van der Waals surface area contributed by atoms with Crippen molar-refractivity contribution in [2.75, 3.05) is 13.2 Å². The van der Waals surface area contributed by atoms with Crippen LogP contribution in [-0.2, 0) is 30.3 Å². The molecule has 0 heterocycles. The highest BCUT2D eigenvalue weighted by molar-refractivity contribution is 6.08. The Morgan fingerprint density at radius 1 is 1.04 bits per heavy atom. The van der Waals surface area contributed by atoms with E-state index in [1.165, 1.54) is 19.9 Å². The van der Waals surface area contributed by atoms with E-state index < -0.39 is 41.4 Å². The monoisotopic (exact) mass is 343 g/mol. The Bertz CT molecular complexity index is 615. The van der Waals surface area contributed by atoms with Crippen LogP contribution in [0, 0.1) is 11.6 Å². The fraction of sp³-hybridized carbons (Fsp3) is 0.438. The molecule has 0 aliphatic rings. The standard InChI is InChI=1S/C16H19F2NO5/c1-4-23-14(21)16(19-10(3)20,15(22)24-5-2)9-11-6-7-12(17)13(18)8-11/h6-8H,4-5,9H2,1-3H3,(H,19,20). The Labute approximate surface area is 138 Å². The Balaban J connectivity index is 3.35. The Morgan fingerprint density at radius 2 is 1.58 bits per heavy atom. The van der Waals surface area contributed by atoms with E-state index in [1.54, 1.807) is 0 Å². The third-order valence-electron chi connectivity index (χ3n) is 3.09.